The molecule has 0 spiro atoms. The third-order valence-corrected chi connectivity index (χ3v) is 7.45. The lowest BCUT2D eigenvalue weighted by molar-refractivity contribution is 0.263. The van der Waals surface area contributed by atoms with Crippen LogP contribution >= 0.6 is 11.3 Å². The molecule has 1 aromatic heterocycles. The molecule has 1 aliphatic carbocycles. The van der Waals surface area contributed by atoms with Gasteiger partial charge in [-0.3, -0.25) is 0 Å². The Morgan fingerprint density at radius 3 is 2.71 bits per heavy atom. The van der Waals surface area contributed by atoms with Crippen molar-refractivity contribution in [3.8, 4) is 0 Å². The molecule has 1 saturated carbocycles. The zero-order valence-electron chi connectivity index (χ0n) is 13.0. The van der Waals surface area contributed by atoms with Crippen molar-refractivity contribution in [1.29, 1.82) is 0 Å². The van der Waals surface area contributed by atoms with Crippen LogP contribution in [0.25, 0.3) is 0 Å². The fourth-order valence-corrected chi connectivity index (χ4v) is 5.25. The van der Waals surface area contributed by atoms with Gasteiger partial charge in [-0.15, -0.1) is 11.3 Å². The molecule has 1 fully saturated rings. The van der Waals surface area contributed by atoms with Gasteiger partial charge in [0.1, 0.15) is 4.21 Å². The summed E-state index contributed by atoms with van der Waals surface area (Å²) in [5, 5.41) is 3.34. The Hall–Kier alpha value is -0.430. The Bertz CT molecular complexity index is 536. The van der Waals surface area contributed by atoms with Crippen molar-refractivity contribution in [2.24, 2.45) is 5.92 Å². The van der Waals surface area contributed by atoms with Crippen LogP contribution in [0.4, 0.5) is 0 Å². The van der Waals surface area contributed by atoms with Gasteiger partial charge < -0.3 is 5.32 Å². The van der Waals surface area contributed by atoms with Crippen LogP contribution < -0.4 is 5.32 Å². The number of hydrogen-bond acceptors (Lipinski definition) is 4. The minimum Gasteiger partial charge on any atom is -0.316 e. The molecule has 2 rings (SSSR count). The molecular formula is C15H26N2O2S2. The van der Waals surface area contributed by atoms with Gasteiger partial charge in [0.2, 0.25) is 0 Å². The van der Waals surface area contributed by atoms with Crippen LogP contribution in [-0.2, 0) is 16.4 Å². The highest BCUT2D eigenvalue weighted by Gasteiger charge is 2.27. The van der Waals surface area contributed by atoms with Crippen molar-refractivity contribution < 1.29 is 8.42 Å². The van der Waals surface area contributed by atoms with Gasteiger partial charge in [-0.2, -0.15) is 4.31 Å². The number of sulfonamides is 1. The van der Waals surface area contributed by atoms with E-state index in [1.165, 1.54) is 34.9 Å². The summed E-state index contributed by atoms with van der Waals surface area (Å²) in [6.07, 6.45) is 5.59. The predicted molar refractivity (Wildman–Crippen MR) is 88.3 cm³/mol. The molecule has 0 aromatic carbocycles. The molecule has 1 aliphatic rings. The maximum Gasteiger partial charge on any atom is 0.252 e. The number of hydrogen-bond donors (Lipinski definition) is 1. The van der Waals surface area contributed by atoms with Crippen LogP contribution in [0, 0.1) is 5.92 Å². The molecule has 1 heterocycles. The van der Waals surface area contributed by atoms with Gasteiger partial charge in [-0.25, -0.2) is 8.42 Å². The number of nitrogens with zero attached hydrogens (tertiary/aromatic N) is 1. The van der Waals surface area contributed by atoms with Crippen LogP contribution in [-0.4, -0.2) is 39.4 Å². The Morgan fingerprint density at radius 1 is 1.33 bits per heavy atom. The molecule has 0 unspecified atom stereocenters. The lowest BCUT2D eigenvalue weighted by atomic mass is 9.86. The fraction of sp³-hybridized carbons (Fsp3) is 0.733. The second-order valence-electron chi connectivity index (χ2n) is 5.80. The van der Waals surface area contributed by atoms with Crippen molar-refractivity contribution in [3.05, 3.63) is 17.0 Å². The molecule has 0 saturated heterocycles. The minimum absolute atomic E-state index is 0.481. The topological polar surface area (TPSA) is 49.4 Å². The Labute approximate surface area is 132 Å². The van der Waals surface area contributed by atoms with E-state index in [2.05, 4.69) is 12.2 Å². The smallest absolute Gasteiger partial charge is 0.252 e. The van der Waals surface area contributed by atoms with Gasteiger partial charge in [0.15, 0.2) is 0 Å². The number of rotatable bonds is 9. The zero-order chi connectivity index (χ0) is 15.3. The van der Waals surface area contributed by atoms with Gasteiger partial charge in [0.05, 0.1) is 0 Å². The summed E-state index contributed by atoms with van der Waals surface area (Å²) in [6, 6.07) is 3.70. The Balaban J connectivity index is 1.91. The molecule has 120 valence electrons. The van der Waals surface area contributed by atoms with Crippen LogP contribution in [0.3, 0.4) is 0 Å². The van der Waals surface area contributed by atoms with Gasteiger partial charge >= 0.3 is 0 Å². The van der Waals surface area contributed by atoms with E-state index in [0.717, 1.165) is 30.8 Å². The Kier molecular flexibility index (Phi) is 6.22. The standard InChI is InChI=1S/C15H26N2O2S2/c1-3-10-16-11-9-14-7-8-15(20-14)21(18,19)17(2)12-13-5-4-6-13/h7-8,13,16H,3-6,9-12H2,1-2H3. The highest BCUT2D eigenvalue weighted by molar-refractivity contribution is 7.91. The van der Waals surface area contributed by atoms with E-state index in [1.807, 2.05) is 6.07 Å². The van der Waals surface area contributed by atoms with Gasteiger partial charge in [0, 0.05) is 18.5 Å². The summed E-state index contributed by atoms with van der Waals surface area (Å²) < 4.78 is 27.0. The maximum atomic E-state index is 12.5. The first-order valence-corrected chi connectivity index (χ1v) is 10.1. The second kappa shape index (κ2) is 7.72. The fourth-order valence-electron chi connectivity index (χ4n) is 2.44. The summed E-state index contributed by atoms with van der Waals surface area (Å²) in [5.74, 6) is 0.558. The third-order valence-electron chi connectivity index (χ3n) is 4.02. The molecule has 0 amide bonds. The quantitative estimate of drug-likeness (QED) is 0.708. The van der Waals surface area contributed by atoms with Crippen molar-refractivity contribution >= 4 is 21.4 Å². The van der Waals surface area contributed by atoms with Crippen molar-refractivity contribution in [3.63, 3.8) is 0 Å². The van der Waals surface area contributed by atoms with E-state index in [0.29, 0.717) is 16.7 Å². The van der Waals surface area contributed by atoms with Crippen LogP contribution in [0.1, 0.15) is 37.5 Å². The van der Waals surface area contributed by atoms with Gasteiger partial charge in [-0.05, 0) is 56.8 Å². The first-order chi connectivity index (χ1) is 10.0. The molecule has 1 N–H and O–H groups in total. The molecule has 6 heteroatoms. The molecule has 4 nitrogen and oxygen atoms in total. The summed E-state index contributed by atoms with van der Waals surface area (Å²) in [7, 11) is -1.59. The lowest BCUT2D eigenvalue weighted by Gasteiger charge is -2.29. The Morgan fingerprint density at radius 2 is 2.10 bits per heavy atom. The highest BCUT2D eigenvalue weighted by atomic mass is 32.2. The molecule has 0 bridgehead atoms. The molecule has 0 aliphatic heterocycles. The molecule has 0 atom stereocenters. The maximum absolute atomic E-state index is 12.5. The first-order valence-electron chi connectivity index (χ1n) is 7.79. The largest absolute Gasteiger partial charge is 0.316 e. The number of nitrogens with one attached hydrogen (secondary N) is 1. The van der Waals surface area contributed by atoms with Gasteiger partial charge in [0.25, 0.3) is 10.0 Å². The van der Waals surface area contributed by atoms with E-state index in [1.54, 1.807) is 13.1 Å². The second-order valence-corrected chi connectivity index (χ2v) is 9.24. The van der Waals surface area contributed by atoms with E-state index >= 15 is 0 Å². The molecule has 1 aromatic rings. The summed E-state index contributed by atoms with van der Waals surface area (Å²) in [6.45, 7) is 4.72. The van der Waals surface area contributed by atoms with Crippen molar-refractivity contribution in [2.45, 2.75) is 43.2 Å². The monoisotopic (exact) mass is 330 g/mol. The summed E-state index contributed by atoms with van der Waals surface area (Å²) >= 11 is 1.41. The van der Waals surface area contributed by atoms with Crippen molar-refractivity contribution in [2.75, 3.05) is 26.7 Å². The molecular weight excluding hydrogens is 304 g/mol. The van der Waals surface area contributed by atoms with Crippen molar-refractivity contribution in [1.82, 2.24) is 9.62 Å². The van der Waals surface area contributed by atoms with E-state index in [9.17, 15) is 8.42 Å². The molecule has 0 radical (unpaired) electrons. The van der Waals surface area contributed by atoms with Gasteiger partial charge in [-0.1, -0.05) is 13.3 Å². The van der Waals surface area contributed by atoms with E-state index in [-0.39, 0.29) is 0 Å². The summed E-state index contributed by atoms with van der Waals surface area (Å²) in [4.78, 5) is 1.13. The number of thiophene rings is 1. The molecule has 21 heavy (non-hydrogen) atoms. The lowest BCUT2D eigenvalue weighted by Crippen LogP contribution is -2.33. The average molecular weight is 331 g/mol. The minimum atomic E-state index is -3.29. The van der Waals surface area contributed by atoms with E-state index < -0.39 is 10.0 Å². The van der Waals surface area contributed by atoms with E-state index in [4.69, 9.17) is 0 Å². The average Bonchev–Trinajstić information content (AvgIpc) is 2.88. The zero-order valence-corrected chi connectivity index (χ0v) is 14.6. The highest BCUT2D eigenvalue weighted by Crippen LogP contribution is 2.30. The normalized spacial score (nSPS) is 16.3. The SMILES string of the molecule is CCCNCCc1ccc(S(=O)(=O)N(C)CC2CCC2)s1. The predicted octanol–water partition coefficient (Wildman–Crippen LogP) is 2.71. The third kappa shape index (κ3) is 4.52. The summed E-state index contributed by atoms with van der Waals surface area (Å²) in [5.41, 5.74) is 0. The van der Waals surface area contributed by atoms with Crippen LogP contribution in [0.15, 0.2) is 16.3 Å². The van der Waals surface area contributed by atoms with Crippen LogP contribution in [0.5, 0.6) is 0 Å². The van der Waals surface area contributed by atoms with Crippen LogP contribution in [0.2, 0.25) is 0 Å². The first kappa shape index (κ1) is 16.9.